The normalized spacial score (nSPS) is 35.8. The summed E-state index contributed by atoms with van der Waals surface area (Å²) in [5.74, 6) is -2.26. The summed E-state index contributed by atoms with van der Waals surface area (Å²) in [6.07, 6.45) is 4.18. The molecule has 1 heterocycles. The quantitative estimate of drug-likeness (QED) is 0.536. The first kappa shape index (κ1) is 19.8. The third kappa shape index (κ3) is 3.82. The van der Waals surface area contributed by atoms with Gasteiger partial charge in [0.1, 0.15) is 10.7 Å². The van der Waals surface area contributed by atoms with Crippen molar-refractivity contribution < 1.29 is 19.5 Å². The summed E-state index contributed by atoms with van der Waals surface area (Å²) >= 11 is 18.5. The highest BCUT2D eigenvalue weighted by Crippen LogP contribution is 2.35. The molecule has 2 N–H and O–H groups in total. The van der Waals surface area contributed by atoms with Crippen molar-refractivity contribution in [2.75, 3.05) is 0 Å². The van der Waals surface area contributed by atoms with E-state index in [1.54, 1.807) is 0 Å². The molecule has 144 valence electrons. The van der Waals surface area contributed by atoms with Crippen LogP contribution in [0.1, 0.15) is 44.9 Å². The number of carbonyl (C=O) groups is 3. The third-order valence-corrected chi connectivity index (χ3v) is 6.95. The van der Waals surface area contributed by atoms with Gasteiger partial charge in [0.05, 0.1) is 16.7 Å². The van der Waals surface area contributed by atoms with Gasteiger partial charge >= 0.3 is 5.97 Å². The minimum Gasteiger partial charge on any atom is -0.481 e. The fourth-order valence-electron chi connectivity index (χ4n) is 4.02. The molecule has 2 fully saturated rings. The van der Waals surface area contributed by atoms with Crippen LogP contribution in [0.5, 0.6) is 0 Å². The molecule has 2 saturated carbocycles. The highest BCUT2D eigenvalue weighted by Gasteiger charge is 2.45. The maximum absolute atomic E-state index is 12.8. The maximum Gasteiger partial charge on any atom is 0.306 e. The number of hydrogen-bond donors (Lipinski definition) is 2. The van der Waals surface area contributed by atoms with E-state index in [9.17, 15) is 19.5 Å². The number of nitrogens with one attached hydrogen (secondary N) is 1. The summed E-state index contributed by atoms with van der Waals surface area (Å²) in [6.45, 7) is 0. The molecule has 0 radical (unpaired) electrons. The van der Waals surface area contributed by atoms with E-state index in [2.05, 4.69) is 5.32 Å². The number of carboxylic acid groups (broad SMARTS) is 1. The number of carboxylic acids is 1. The number of hydrogen-bond acceptors (Lipinski definition) is 4. The second-order valence-corrected chi connectivity index (χ2v) is 8.71. The molecular formula is C17H21Cl3N2O4. The lowest BCUT2D eigenvalue weighted by Crippen LogP contribution is -2.47. The number of halogens is 3. The van der Waals surface area contributed by atoms with Gasteiger partial charge in [0.15, 0.2) is 0 Å². The van der Waals surface area contributed by atoms with Gasteiger partial charge in [-0.3, -0.25) is 19.3 Å². The zero-order chi connectivity index (χ0) is 19.0. The number of aliphatic carboxylic acids is 1. The lowest BCUT2D eigenvalue weighted by atomic mass is 9.85. The molecular weight excluding hydrogens is 403 g/mol. The van der Waals surface area contributed by atoms with Crippen molar-refractivity contribution in [2.24, 2.45) is 5.92 Å². The molecule has 5 unspecified atom stereocenters. The van der Waals surface area contributed by atoms with Crippen molar-refractivity contribution in [2.45, 2.75) is 67.8 Å². The Balaban J connectivity index is 1.70. The highest BCUT2D eigenvalue weighted by molar-refractivity contribution is 6.47. The van der Waals surface area contributed by atoms with Crippen LogP contribution in [0, 0.1) is 5.92 Å². The Labute approximate surface area is 166 Å². The van der Waals surface area contributed by atoms with E-state index < -0.39 is 23.7 Å². The Morgan fingerprint density at radius 3 is 2.42 bits per heavy atom. The number of amides is 2. The van der Waals surface area contributed by atoms with Crippen LogP contribution in [0.25, 0.3) is 0 Å². The fraction of sp³-hybridized carbons (Fsp3) is 0.706. The minimum absolute atomic E-state index is 0.0758. The summed E-state index contributed by atoms with van der Waals surface area (Å²) in [7, 11) is 0. The average Bonchev–Trinajstić information content (AvgIpc) is 2.81. The molecule has 6 nitrogen and oxygen atoms in total. The van der Waals surface area contributed by atoms with Gasteiger partial charge in [-0.25, -0.2) is 0 Å². The summed E-state index contributed by atoms with van der Waals surface area (Å²) in [6, 6.07) is -0.511. The van der Waals surface area contributed by atoms with Crippen LogP contribution in [0.2, 0.25) is 0 Å². The van der Waals surface area contributed by atoms with Crippen LogP contribution < -0.4 is 5.32 Å². The SMILES string of the molecule is O=C(O)C1CCCC(NC2=C(Cl)C(=O)N(C3CCC(Cl)C(Cl)C3)C2=O)C1. The first-order valence-electron chi connectivity index (χ1n) is 8.84. The summed E-state index contributed by atoms with van der Waals surface area (Å²) in [5, 5.41) is 11.6. The van der Waals surface area contributed by atoms with E-state index in [-0.39, 0.29) is 33.6 Å². The number of rotatable bonds is 4. The number of imide groups is 1. The predicted octanol–water partition coefficient (Wildman–Crippen LogP) is 2.81. The van der Waals surface area contributed by atoms with Gasteiger partial charge in [-0.05, 0) is 38.5 Å². The molecule has 3 rings (SSSR count). The number of nitrogens with zero attached hydrogens (tertiary/aromatic N) is 1. The Kier molecular flexibility index (Phi) is 6.04. The van der Waals surface area contributed by atoms with Crippen LogP contribution >= 0.6 is 34.8 Å². The smallest absolute Gasteiger partial charge is 0.306 e. The van der Waals surface area contributed by atoms with E-state index >= 15 is 0 Å². The van der Waals surface area contributed by atoms with Crippen LogP contribution in [0.15, 0.2) is 10.7 Å². The van der Waals surface area contributed by atoms with Gasteiger partial charge in [0, 0.05) is 12.1 Å². The maximum atomic E-state index is 12.8. The second kappa shape index (κ2) is 7.95. The lowest BCUT2D eigenvalue weighted by molar-refractivity contribution is -0.143. The van der Waals surface area contributed by atoms with Crippen LogP contribution in [0.4, 0.5) is 0 Å². The third-order valence-electron chi connectivity index (χ3n) is 5.46. The first-order chi connectivity index (χ1) is 12.3. The summed E-state index contributed by atoms with van der Waals surface area (Å²) < 4.78 is 0. The van der Waals surface area contributed by atoms with E-state index in [1.807, 2.05) is 0 Å². The van der Waals surface area contributed by atoms with Gasteiger partial charge < -0.3 is 10.4 Å². The van der Waals surface area contributed by atoms with E-state index in [0.29, 0.717) is 32.1 Å². The van der Waals surface area contributed by atoms with Crippen molar-refractivity contribution >= 4 is 52.6 Å². The molecule has 5 atom stereocenters. The topological polar surface area (TPSA) is 86.7 Å². The number of carbonyl (C=O) groups excluding carboxylic acids is 2. The Hall–Kier alpha value is -0.980. The molecule has 0 aromatic heterocycles. The molecule has 1 aliphatic heterocycles. The standard InChI is InChI=1S/C17H21Cl3N2O4/c18-11-5-4-10(7-12(11)19)22-15(23)13(20)14(16(22)24)21-9-3-1-2-8(6-9)17(25)26/h8-12,21H,1-7H2,(H,25,26). The molecule has 0 aromatic carbocycles. The molecule has 2 aliphatic carbocycles. The van der Waals surface area contributed by atoms with Crippen molar-refractivity contribution in [3.8, 4) is 0 Å². The summed E-state index contributed by atoms with van der Waals surface area (Å²) in [5.41, 5.74) is 0.0758. The van der Waals surface area contributed by atoms with Gasteiger partial charge in [-0.15, -0.1) is 23.2 Å². The van der Waals surface area contributed by atoms with Gasteiger partial charge in [-0.2, -0.15) is 0 Å². The minimum atomic E-state index is -0.835. The van der Waals surface area contributed by atoms with Crippen LogP contribution in [-0.2, 0) is 14.4 Å². The predicted molar refractivity (Wildman–Crippen MR) is 98.2 cm³/mol. The van der Waals surface area contributed by atoms with Gasteiger partial charge in [0.2, 0.25) is 0 Å². The summed E-state index contributed by atoms with van der Waals surface area (Å²) in [4.78, 5) is 37.7. The Morgan fingerprint density at radius 1 is 1.04 bits per heavy atom. The fourth-order valence-corrected chi connectivity index (χ4v) is 4.80. The second-order valence-electron chi connectivity index (χ2n) is 7.21. The zero-order valence-electron chi connectivity index (χ0n) is 14.1. The van der Waals surface area contributed by atoms with Crippen LogP contribution in [-0.4, -0.2) is 50.6 Å². The Bertz CT molecular complexity index is 654. The first-order valence-corrected chi connectivity index (χ1v) is 10.1. The number of alkyl halides is 2. The van der Waals surface area contributed by atoms with E-state index in [0.717, 1.165) is 12.8 Å². The van der Waals surface area contributed by atoms with Crippen molar-refractivity contribution in [1.82, 2.24) is 10.2 Å². The van der Waals surface area contributed by atoms with Gasteiger partial charge in [-0.1, -0.05) is 18.0 Å². The molecule has 0 aromatic rings. The monoisotopic (exact) mass is 422 g/mol. The molecule has 3 aliphatic rings. The van der Waals surface area contributed by atoms with Gasteiger partial charge in [0.25, 0.3) is 11.8 Å². The largest absolute Gasteiger partial charge is 0.481 e. The zero-order valence-corrected chi connectivity index (χ0v) is 16.4. The highest BCUT2D eigenvalue weighted by atomic mass is 35.5. The molecule has 0 spiro atoms. The molecule has 9 heteroatoms. The van der Waals surface area contributed by atoms with Crippen LogP contribution in [0.3, 0.4) is 0 Å². The van der Waals surface area contributed by atoms with Crippen molar-refractivity contribution in [3.05, 3.63) is 10.7 Å². The van der Waals surface area contributed by atoms with E-state index in [4.69, 9.17) is 34.8 Å². The molecule has 26 heavy (non-hydrogen) atoms. The van der Waals surface area contributed by atoms with Crippen molar-refractivity contribution in [3.63, 3.8) is 0 Å². The molecule has 0 saturated heterocycles. The van der Waals surface area contributed by atoms with Crippen molar-refractivity contribution in [1.29, 1.82) is 0 Å². The van der Waals surface area contributed by atoms with E-state index in [1.165, 1.54) is 4.90 Å². The molecule has 2 amide bonds. The Morgan fingerprint density at radius 2 is 1.77 bits per heavy atom. The molecule has 0 bridgehead atoms. The lowest BCUT2D eigenvalue weighted by Gasteiger charge is -2.34. The average molecular weight is 424 g/mol.